The van der Waals surface area contributed by atoms with Crippen LogP contribution in [0.3, 0.4) is 0 Å². The molecule has 2 aromatic rings. The second-order valence-corrected chi connectivity index (χ2v) is 6.89. The summed E-state index contributed by atoms with van der Waals surface area (Å²) in [6.07, 6.45) is 1.85. The molecule has 3 rings (SSSR count). The highest BCUT2D eigenvalue weighted by molar-refractivity contribution is 5.91. The Morgan fingerprint density at radius 2 is 1.93 bits per heavy atom. The van der Waals surface area contributed by atoms with Gasteiger partial charge in [0.05, 0.1) is 12.6 Å². The lowest BCUT2D eigenvalue weighted by atomic mass is 10.1. The first-order chi connectivity index (χ1) is 13.2. The number of nitrogens with one attached hydrogen (secondary N) is 1. The normalized spacial score (nSPS) is 17.0. The van der Waals surface area contributed by atoms with Gasteiger partial charge < -0.3 is 14.8 Å². The van der Waals surface area contributed by atoms with E-state index < -0.39 is 6.10 Å². The molecule has 0 bridgehead atoms. The number of rotatable bonds is 8. The maximum Gasteiger partial charge on any atom is 0.273 e. The number of β-amino-alcohol motifs (C(OH)–C–C–N with tert-alkyl or cyclic N) is 1. The second-order valence-electron chi connectivity index (χ2n) is 6.89. The maximum atomic E-state index is 11.9. The molecule has 0 saturated carbocycles. The largest absolute Gasteiger partial charge is 0.447 e. The summed E-state index contributed by atoms with van der Waals surface area (Å²) < 4.78 is 5.45. The van der Waals surface area contributed by atoms with Crippen molar-refractivity contribution in [2.45, 2.75) is 26.0 Å². The number of nitrogens with zero attached hydrogens (tertiary/aromatic N) is 3. The van der Waals surface area contributed by atoms with Crippen molar-refractivity contribution >= 4 is 5.91 Å². The predicted molar refractivity (Wildman–Crippen MR) is 102 cm³/mol. The molecule has 1 aromatic heterocycles. The van der Waals surface area contributed by atoms with Crippen LogP contribution in [0.1, 0.15) is 41.4 Å². The fourth-order valence-electron chi connectivity index (χ4n) is 3.16. The SMILES string of the molecule is CCCNC(=O)c1coc(CN2CCN(CC(O)c3ccccc3)CC2)n1. The van der Waals surface area contributed by atoms with Crippen LogP contribution in [0.4, 0.5) is 0 Å². The van der Waals surface area contributed by atoms with E-state index in [0.717, 1.165) is 38.2 Å². The summed E-state index contributed by atoms with van der Waals surface area (Å²) in [5, 5.41) is 13.2. The van der Waals surface area contributed by atoms with Gasteiger partial charge in [0.15, 0.2) is 5.69 Å². The van der Waals surface area contributed by atoms with E-state index in [2.05, 4.69) is 20.1 Å². The fraction of sp³-hybridized carbons (Fsp3) is 0.500. The van der Waals surface area contributed by atoms with E-state index in [-0.39, 0.29) is 5.91 Å². The zero-order valence-electron chi connectivity index (χ0n) is 15.8. The van der Waals surface area contributed by atoms with E-state index >= 15 is 0 Å². The summed E-state index contributed by atoms with van der Waals surface area (Å²) in [5.74, 6) is 0.376. The molecule has 1 aliphatic rings. The summed E-state index contributed by atoms with van der Waals surface area (Å²) in [6.45, 7) is 7.39. The van der Waals surface area contributed by atoms with Crippen molar-refractivity contribution in [3.63, 3.8) is 0 Å². The van der Waals surface area contributed by atoms with Gasteiger partial charge >= 0.3 is 0 Å². The lowest BCUT2D eigenvalue weighted by Crippen LogP contribution is -2.47. The Morgan fingerprint density at radius 1 is 1.22 bits per heavy atom. The smallest absolute Gasteiger partial charge is 0.273 e. The zero-order chi connectivity index (χ0) is 19.1. The third-order valence-electron chi connectivity index (χ3n) is 4.76. The van der Waals surface area contributed by atoms with E-state index in [9.17, 15) is 9.90 Å². The molecule has 0 aliphatic carbocycles. The number of hydrogen-bond donors (Lipinski definition) is 2. The summed E-state index contributed by atoms with van der Waals surface area (Å²) >= 11 is 0. The highest BCUT2D eigenvalue weighted by Gasteiger charge is 2.21. The number of aliphatic hydroxyl groups excluding tert-OH is 1. The number of amides is 1. The number of aromatic nitrogens is 1. The van der Waals surface area contributed by atoms with Gasteiger partial charge in [-0.25, -0.2) is 4.98 Å². The quantitative estimate of drug-likeness (QED) is 0.734. The molecule has 0 spiro atoms. The van der Waals surface area contributed by atoms with Crippen molar-refractivity contribution in [1.29, 1.82) is 0 Å². The first-order valence-electron chi connectivity index (χ1n) is 9.56. The summed E-state index contributed by atoms with van der Waals surface area (Å²) in [5.41, 5.74) is 1.29. The number of hydrogen-bond acceptors (Lipinski definition) is 6. The number of piperazine rings is 1. The average molecular weight is 372 g/mol. The average Bonchev–Trinajstić information content (AvgIpc) is 3.17. The molecular formula is C20H28N4O3. The molecule has 7 heteroatoms. The van der Waals surface area contributed by atoms with Crippen LogP contribution >= 0.6 is 0 Å². The molecular weight excluding hydrogens is 344 g/mol. The Hall–Kier alpha value is -2.22. The number of oxazole rings is 1. The Morgan fingerprint density at radius 3 is 2.63 bits per heavy atom. The molecule has 1 aliphatic heterocycles. The summed E-state index contributed by atoms with van der Waals surface area (Å²) in [4.78, 5) is 20.7. The van der Waals surface area contributed by atoms with Crippen molar-refractivity contribution < 1.29 is 14.3 Å². The number of benzene rings is 1. The minimum absolute atomic E-state index is 0.188. The van der Waals surface area contributed by atoms with E-state index in [1.54, 1.807) is 0 Å². The van der Waals surface area contributed by atoms with Gasteiger partial charge in [-0.05, 0) is 12.0 Å². The monoisotopic (exact) mass is 372 g/mol. The molecule has 27 heavy (non-hydrogen) atoms. The first kappa shape index (κ1) is 19.5. The number of carbonyl (C=O) groups excluding carboxylic acids is 1. The van der Waals surface area contributed by atoms with Crippen LogP contribution in [0.5, 0.6) is 0 Å². The minimum atomic E-state index is -0.464. The zero-order valence-corrected chi connectivity index (χ0v) is 15.8. The predicted octanol–water partition coefficient (Wildman–Crippen LogP) is 1.67. The van der Waals surface area contributed by atoms with Crippen LogP contribution in [-0.2, 0) is 6.54 Å². The number of carbonyl (C=O) groups is 1. The van der Waals surface area contributed by atoms with Crippen molar-refractivity contribution in [3.8, 4) is 0 Å². The lowest BCUT2D eigenvalue weighted by molar-refractivity contribution is 0.0671. The van der Waals surface area contributed by atoms with Crippen molar-refractivity contribution in [2.24, 2.45) is 0 Å². The molecule has 1 saturated heterocycles. The minimum Gasteiger partial charge on any atom is -0.447 e. The van der Waals surface area contributed by atoms with E-state index in [4.69, 9.17) is 4.42 Å². The van der Waals surface area contributed by atoms with Crippen LogP contribution in [0.15, 0.2) is 41.0 Å². The Labute approximate surface area is 160 Å². The Balaban J connectivity index is 1.43. The van der Waals surface area contributed by atoms with Gasteiger partial charge in [0.1, 0.15) is 6.26 Å². The molecule has 1 aromatic carbocycles. The molecule has 7 nitrogen and oxygen atoms in total. The molecule has 146 valence electrons. The number of aliphatic hydroxyl groups is 1. The third kappa shape index (κ3) is 5.63. The van der Waals surface area contributed by atoms with Crippen molar-refractivity contribution in [1.82, 2.24) is 20.1 Å². The second kappa shape index (κ2) is 9.64. The fourth-order valence-corrected chi connectivity index (χ4v) is 3.16. The van der Waals surface area contributed by atoms with Crippen molar-refractivity contribution in [2.75, 3.05) is 39.3 Å². The van der Waals surface area contributed by atoms with Gasteiger partial charge in [0.25, 0.3) is 5.91 Å². The summed E-state index contributed by atoms with van der Waals surface area (Å²) in [7, 11) is 0. The van der Waals surface area contributed by atoms with Gasteiger partial charge in [0.2, 0.25) is 5.89 Å². The van der Waals surface area contributed by atoms with E-state index in [1.807, 2.05) is 37.3 Å². The third-order valence-corrected chi connectivity index (χ3v) is 4.76. The van der Waals surface area contributed by atoms with Gasteiger partial charge in [-0.2, -0.15) is 0 Å². The van der Waals surface area contributed by atoms with Gasteiger partial charge in [0, 0.05) is 39.3 Å². The topological polar surface area (TPSA) is 81.8 Å². The van der Waals surface area contributed by atoms with Crippen LogP contribution in [-0.4, -0.2) is 65.1 Å². The van der Waals surface area contributed by atoms with Crippen LogP contribution in [0.2, 0.25) is 0 Å². The Kier molecular flexibility index (Phi) is 6.98. The van der Waals surface area contributed by atoms with Gasteiger partial charge in [-0.3, -0.25) is 14.6 Å². The molecule has 2 N–H and O–H groups in total. The van der Waals surface area contributed by atoms with Crippen molar-refractivity contribution in [3.05, 3.63) is 53.7 Å². The lowest BCUT2D eigenvalue weighted by Gasteiger charge is -2.35. The van der Waals surface area contributed by atoms with Gasteiger partial charge in [-0.15, -0.1) is 0 Å². The molecule has 0 radical (unpaired) electrons. The molecule has 1 unspecified atom stereocenters. The standard InChI is InChI=1S/C20H28N4O3/c1-2-8-21-20(26)17-15-27-19(22-17)14-24-11-9-23(10-12-24)13-18(25)16-6-4-3-5-7-16/h3-7,15,18,25H,2,8-14H2,1H3,(H,21,26). The van der Waals surface area contributed by atoms with E-state index in [0.29, 0.717) is 31.2 Å². The molecule has 1 amide bonds. The van der Waals surface area contributed by atoms with Crippen LogP contribution in [0.25, 0.3) is 0 Å². The van der Waals surface area contributed by atoms with Crippen LogP contribution < -0.4 is 5.32 Å². The highest BCUT2D eigenvalue weighted by Crippen LogP contribution is 2.16. The van der Waals surface area contributed by atoms with Gasteiger partial charge in [-0.1, -0.05) is 37.3 Å². The maximum absolute atomic E-state index is 11.9. The summed E-state index contributed by atoms with van der Waals surface area (Å²) in [6, 6.07) is 9.76. The molecule has 1 atom stereocenters. The Bertz CT molecular complexity index is 711. The van der Waals surface area contributed by atoms with Crippen LogP contribution in [0, 0.1) is 0 Å². The highest BCUT2D eigenvalue weighted by atomic mass is 16.3. The first-order valence-corrected chi connectivity index (χ1v) is 9.56. The van der Waals surface area contributed by atoms with E-state index in [1.165, 1.54) is 6.26 Å². The molecule has 1 fully saturated rings. The molecule has 2 heterocycles.